The van der Waals surface area contributed by atoms with E-state index in [0.717, 1.165) is 4.90 Å². The van der Waals surface area contributed by atoms with Crippen molar-refractivity contribution in [1.82, 2.24) is 10.2 Å². The molecule has 1 N–H and O–H groups in total. The number of imide groups is 1. The van der Waals surface area contributed by atoms with E-state index in [4.69, 9.17) is 27.9 Å². The van der Waals surface area contributed by atoms with Gasteiger partial charge in [0.15, 0.2) is 6.61 Å². The van der Waals surface area contributed by atoms with Crippen LogP contribution in [0.25, 0.3) is 0 Å². The van der Waals surface area contributed by atoms with E-state index in [2.05, 4.69) is 10.1 Å². The third-order valence-corrected chi connectivity index (χ3v) is 3.54. The molecule has 0 saturated carbocycles. The highest BCUT2D eigenvalue weighted by molar-refractivity contribution is 6.36. The van der Waals surface area contributed by atoms with Gasteiger partial charge in [0.05, 0.1) is 17.1 Å². The van der Waals surface area contributed by atoms with Gasteiger partial charge in [0.25, 0.3) is 11.8 Å². The van der Waals surface area contributed by atoms with Gasteiger partial charge in [0.2, 0.25) is 0 Å². The number of esters is 1. The fraction of sp³-hybridized carbons (Fsp3) is 0.286. The van der Waals surface area contributed by atoms with Gasteiger partial charge in [-0.2, -0.15) is 0 Å². The van der Waals surface area contributed by atoms with Crippen molar-refractivity contribution in [2.45, 2.75) is 0 Å². The molecule has 1 saturated heterocycles. The van der Waals surface area contributed by atoms with E-state index in [1.807, 2.05) is 0 Å². The molecule has 1 aromatic carbocycles. The molecule has 0 unspecified atom stereocenters. The molecular weight excluding hydrogens is 363 g/mol. The quantitative estimate of drug-likeness (QED) is 0.778. The van der Waals surface area contributed by atoms with Crippen LogP contribution in [0.15, 0.2) is 18.2 Å². The average molecular weight is 375 g/mol. The minimum Gasteiger partial charge on any atom is -0.454 e. The van der Waals surface area contributed by atoms with Crippen LogP contribution in [-0.2, 0) is 19.1 Å². The van der Waals surface area contributed by atoms with E-state index in [9.17, 15) is 19.2 Å². The van der Waals surface area contributed by atoms with E-state index in [-0.39, 0.29) is 23.7 Å². The lowest BCUT2D eigenvalue weighted by atomic mass is 10.2. The molecule has 0 aliphatic carbocycles. The van der Waals surface area contributed by atoms with Gasteiger partial charge in [-0.1, -0.05) is 23.2 Å². The highest BCUT2D eigenvalue weighted by Gasteiger charge is 2.28. The van der Waals surface area contributed by atoms with Crippen molar-refractivity contribution in [3.05, 3.63) is 33.8 Å². The predicted molar refractivity (Wildman–Crippen MR) is 82.8 cm³/mol. The van der Waals surface area contributed by atoms with E-state index < -0.39 is 37.0 Å². The summed E-state index contributed by atoms with van der Waals surface area (Å²) in [6, 6.07) is 4.28. The number of benzene rings is 1. The second-order valence-electron chi connectivity index (χ2n) is 4.63. The van der Waals surface area contributed by atoms with E-state index in [1.165, 1.54) is 18.2 Å². The lowest BCUT2D eigenvalue weighted by Gasteiger charge is -2.11. The van der Waals surface area contributed by atoms with Crippen molar-refractivity contribution >= 4 is 47.1 Å². The summed E-state index contributed by atoms with van der Waals surface area (Å²) in [6.07, 6.45) is -0.776. The maximum absolute atomic E-state index is 11.9. The molecule has 2 rings (SSSR count). The number of halogens is 2. The molecule has 1 fully saturated rings. The Bertz CT molecular complexity index is 694. The van der Waals surface area contributed by atoms with Crippen LogP contribution in [0.3, 0.4) is 0 Å². The monoisotopic (exact) mass is 374 g/mol. The molecule has 1 heterocycles. The van der Waals surface area contributed by atoms with Gasteiger partial charge in [-0.15, -0.1) is 0 Å². The Hall–Kier alpha value is -2.32. The summed E-state index contributed by atoms with van der Waals surface area (Å²) in [5.41, 5.74) is 0.143. The molecule has 0 radical (unpaired) electrons. The number of cyclic esters (lactones) is 1. The Morgan fingerprint density at radius 2 is 2.04 bits per heavy atom. The lowest BCUT2D eigenvalue weighted by molar-refractivity contribution is -0.149. The summed E-state index contributed by atoms with van der Waals surface area (Å²) in [6.45, 7) is -0.863. The first kappa shape index (κ1) is 18.0. The number of ether oxygens (including phenoxy) is 2. The van der Waals surface area contributed by atoms with Gasteiger partial charge >= 0.3 is 12.1 Å². The molecule has 1 aliphatic rings. The molecule has 1 aromatic rings. The number of rotatable bonds is 5. The Kier molecular flexibility index (Phi) is 5.99. The fourth-order valence-electron chi connectivity index (χ4n) is 1.81. The van der Waals surface area contributed by atoms with Gasteiger partial charge in [-0.25, -0.2) is 9.69 Å². The maximum Gasteiger partial charge on any atom is 0.416 e. The van der Waals surface area contributed by atoms with Crippen molar-refractivity contribution in [1.29, 1.82) is 0 Å². The minimum absolute atomic E-state index is 0.108. The molecule has 0 aromatic heterocycles. The largest absolute Gasteiger partial charge is 0.454 e. The zero-order chi connectivity index (χ0) is 17.7. The SMILES string of the molecule is O=C(CNC(=O)c1ccc(Cl)cc1Cl)OCC(=O)N1CCOC1=O. The number of nitrogens with zero attached hydrogens (tertiary/aromatic N) is 1. The van der Waals surface area contributed by atoms with Gasteiger partial charge in [0.1, 0.15) is 13.2 Å². The number of hydrogen-bond donors (Lipinski definition) is 1. The Balaban J connectivity index is 1.77. The zero-order valence-corrected chi connectivity index (χ0v) is 13.7. The van der Waals surface area contributed by atoms with Crippen LogP contribution in [0.2, 0.25) is 10.0 Å². The molecule has 0 atom stereocenters. The van der Waals surface area contributed by atoms with Gasteiger partial charge in [-0.05, 0) is 18.2 Å². The van der Waals surface area contributed by atoms with Gasteiger partial charge < -0.3 is 14.8 Å². The Morgan fingerprint density at radius 3 is 2.67 bits per heavy atom. The van der Waals surface area contributed by atoms with E-state index in [1.54, 1.807) is 0 Å². The molecule has 0 spiro atoms. The lowest BCUT2D eigenvalue weighted by Crippen LogP contribution is -2.37. The summed E-state index contributed by atoms with van der Waals surface area (Å²) in [5, 5.41) is 2.81. The van der Waals surface area contributed by atoms with Crippen molar-refractivity contribution in [3.8, 4) is 0 Å². The highest BCUT2D eigenvalue weighted by Crippen LogP contribution is 2.20. The standard InChI is InChI=1S/C14H12Cl2N2O6/c15-8-1-2-9(10(16)5-8)13(21)17-6-12(20)24-7-11(19)18-3-4-23-14(18)22/h1-2,5H,3-4,6-7H2,(H,17,21). The number of amides is 3. The van der Waals surface area contributed by atoms with Gasteiger partial charge in [-0.3, -0.25) is 14.4 Å². The number of nitrogens with one attached hydrogen (secondary N) is 1. The summed E-state index contributed by atoms with van der Waals surface area (Å²) in [7, 11) is 0. The summed E-state index contributed by atoms with van der Waals surface area (Å²) in [4.78, 5) is 47.0. The summed E-state index contributed by atoms with van der Waals surface area (Å²) >= 11 is 11.6. The van der Waals surface area contributed by atoms with Crippen LogP contribution in [-0.4, -0.2) is 55.1 Å². The van der Waals surface area contributed by atoms with Crippen LogP contribution in [0, 0.1) is 0 Å². The Morgan fingerprint density at radius 1 is 1.29 bits per heavy atom. The first-order chi connectivity index (χ1) is 11.4. The first-order valence-electron chi connectivity index (χ1n) is 6.74. The molecular formula is C14H12Cl2N2O6. The third-order valence-electron chi connectivity index (χ3n) is 2.99. The molecule has 128 valence electrons. The van der Waals surface area contributed by atoms with Crippen molar-refractivity contribution in [3.63, 3.8) is 0 Å². The van der Waals surface area contributed by atoms with Crippen LogP contribution in [0.1, 0.15) is 10.4 Å². The fourth-order valence-corrected chi connectivity index (χ4v) is 2.31. The summed E-state index contributed by atoms with van der Waals surface area (Å²) in [5.74, 6) is -2.13. The van der Waals surface area contributed by atoms with Gasteiger partial charge in [0, 0.05) is 5.02 Å². The van der Waals surface area contributed by atoms with E-state index >= 15 is 0 Å². The average Bonchev–Trinajstić information content (AvgIpc) is 2.96. The number of hydrogen-bond acceptors (Lipinski definition) is 6. The van der Waals surface area contributed by atoms with Crippen LogP contribution in [0.5, 0.6) is 0 Å². The van der Waals surface area contributed by atoms with Crippen LogP contribution in [0.4, 0.5) is 4.79 Å². The molecule has 0 bridgehead atoms. The zero-order valence-electron chi connectivity index (χ0n) is 12.2. The topological polar surface area (TPSA) is 102 Å². The molecule has 8 nitrogen and oxygen atoms in total. The number of carbonyl (C=O) groups is 4. The minimum atomic E-state index is -0.839. The second kappa shape index (κ2) is 7.98. The first-order valence-corrected chi connectivity index (χ1v) is 7.50. The third kappa shape index (κ3) is 4.59. The smallest absolute Gasteiger partial charge is 0.416 e. The normalized spacial score (nSPS) is 13.4. The van der Waals surface area contributed by atoms with E-state index in [0.29, 0.717) is 5.02 Å². The second-order valence-corrected chi connectivity index (χ2v) is 5.47. The van der Waals surface area contributed by atoms with Crippen molar-refractivity contribution < 1.29 is 28.7 Å². The summed E-state index contributed by atoms with van der Waals surface area (Å²) < 4.78 is 9.28. The molecule has 3 amide bonds. The maximum atomic E-state index is 11.9. The van der Waals surface area contributed by atoms with Crippen LogP contribution >= 0.6 is 23.2 Å². The van der Waals surface area contributed by atoms with Crippen molar-refractivity contribution in [2.75, 3.05) is 26.3 Å². The highest BCUT2D eigenvalue weighted by atomic mass is 35.5. The predicted octanol–water partition coefficient (Wildman–Crippen LogP) is 1.25. The molecule has 24 heavy (non-hydrogen) atoms. The Labute approximate surface area is 146 Å². The van der Waals surface area contributed by atoms with Crippen LogP contribution < -0.4 is 5.32 Å². The molecule has 1 aliphatic heterocycles. The number of carbonyl (C=O) groups excluding carboxylic acids is 4. The molecule has 10 heteroatoms. The van der Waals surface area contributed by atoms with Crippen molar-refractivity contribution in [2.24, 2.45) is 0 Å².